The summed E-state index contributed by atoms with van der Waals surface area (Å²) in [6, 6.07) is 4.83. The van der Waals surface area contributed by atoms with Crippen LogP contribution in [0.3, 0.4) is 0 Å². The van der Waals surface area contributed by atoms with E-state index >= 15 is 0 Å². The molecule has 8 heteroatoms. The Kier molecular flexibility index (Phi) is 4.28. The van der Waals surface area contributed by atoms with Crippen LogP contribution in [0.15, 0.2) is 22.7 Å². The molecule has 1 fully saturated rings. The Hall–Kier alpha value is -1.51. The summed E-state index contributed by atoms with van der Waals surface area (Å²) in [5.74, 6) is -0.184. The Morgan fingerprint density at radius 3 is 2.96 bits per heavy atom. The molecule has 0 saturated carbocycles. The second kappa shape index (κ2) is 6.42. The van der Waals surface area contributed by atoms with Crippen LogP contribution in [0.5, 0.6) is 0 Å². The molecule has 1 aromatic carbocycles. The normalized spacial score (nSPS) is 20.7. The monoisotopic (exact) mass is 411 g/mol. The molecule has 24 heavy (non-hydrogen) atoms. The summed E-state index contributed by atoms with van der Waals surface area (Å²) in [5, 5.41) is 3.67. The molecule has 1 amide bonds. The number of ether oxygens (including phenoxy) is 1. The van der Waals surface area contributed by atoms with E-state index in [9.17, 15) is 9.18 Å². The maximum atomic E-state index is 14.3. The first kappa shape index (κ1) is 16.0. The molecule has 126 valence electrons. The largest absolute Gasteiger partial charge is 0.378 e. The number of rotatable bonds is 2. The number of carbonyl (C=O) groups is 1. The lowest BCUT2D eigenvalue weighted by molar-refractivity contribution is -0.116. The standard InChI is InChI=1S/C16H15BrFN3O2S/c17-9-1-2-12(18)10(7-9)11-8-13(22)19-15-14(11)24-16(20-15)21-3-5-23-6-4-21/h1-2,7,11H,3-6,8H2,(H,19,22)/t11-/m1/s1. The molecule has 3 heterocycles. The van der Waals surface area contributed by atoms with Gasteiger partial charge < -0.3 is 15.0 Å². The molecule has 0 unspecified atom stereocenters. The summed E-state index contributed by atoms with van der Waals surface area (Å²) in [4.78, 5) is 19.7. The van der Waals surface area contributed by atoms with Crippen LogP contribution in [-0.4, -0.2) is 37.2 Å². The molecule has 2 aliphatic heterocycles. The van der Waals surface area contributed by atoms with E-state index in [4.69, 9.17) is 4.74 Å². The van der Waals surface area contributed by atoms with E-state index in [0.717, 1.165) is 27.6 Å². The molecule has 1 saturated heterocycles. The number of nitrogens with zero attached hydrogens (tertiary/aromatic N) is 2. The van der Waals surface area contributed by atoms with Gasteiger partial charge in [-0.05, 0) is 23.8 Å². The van der Waals surface area contributed by atoms with Crippen LogP contribution in [0.25, 0.3) is 0 Å². The van der Waals surface area contributed by atoms with Crippen LogP contribution >= 0.6 is 27.3 Å². The average molecular weight is 412 g/mol. The Bertz CT molecular complexity index is 792. The number of benzene rings is 1. The van der Waals surface area contributed by atoms with Gasteiger partial charge in [-0.25, -0.2) is 9.37 Å². The van der Waals surface area contributed by atoms with Crippen molar-refractivity contribution in [3.05, 3.63) is 38.9 Å². The summed E-state index contributed by atoms with van der Waals surface area (Å²) in [6.07, 6.45) is 0.227. The van der Waals surface area contributed by atoms with Crippen molar-refractivity contribution in [3.8, 4) is 0 Å². The molecule has 5 nitrogen and oxygen atoms in total. The molecule has 0 aliphatic carbocycles. The summed E-state index contributed by atoms with van der Waals surface area (Å²) in [5.41, 5.74) is 0.526. The summed E-state index contributed by atoms with van der Waals surface area (Å²) in [7, 11) is 0. The maximum absolute atomic E-state index is 14.3. The lowest BCUT2D eigenvalue weighted by Crippen LogP contribution is -2.36. The van der Waals surface area contributed by atoms with Gasteiger partial charge in [0, 0.05) is 29.9 Å². The van der Waals surface area contributed by atoms with E-state index in [1.165, 1.54) is 17.4 Å². The van der Waals surface area contributed by atoms with Crippen molar-refractivity contribution in [2.45, 2.75) is 12.3 Å². The van der Waals surface area contributed by atoms with Crippen LogP contribution in [0.2, 0.25) is 0 Å². The first-order chi connectivity index (χ1) is 11.6. The van der Waals surface area contributed by atoms with Crippen LogP contribution in [0, 0.1) is 5.82 Å². The number of halogens is 2. The minimum absolute atomic E-state index is 0.134. The molecule has 2 aromatic rings. The van der Waals surface area contributed by atoms with Crippen LogP contribution in [0.1, 0.15) is 22.8 Å². The molecule has 1 N–H and O–H groups in total. The summed E-state index contributed by atoms with van der Waals surface area (Å²) in [6.45, 7) is 2.88. The molecule has 4 rings (SSSR count). The Labute approximate surface area is 151 Å². The quantitative estimate of drug-likeness (QED) is 0.822. The van der Waals surface area contributed by atoms with Gasteiger partial charge in [0.15, 0.2) is 5.13 Å². The van der Waals surface area contributed by atoms with Gasteiger partial charge in [-0.2, -0.15) is 0 Å². The minimum Gasteiger partial charge on any atom is -0.378 e. The highest BCUT2D eigenvalue weighted by molar-refractivity contribution is 9.10. The van der Waals surface area contributed by atoms with Gasteiger partial charge in [0.1, 0.15) is 11.6 Å². The zero-order chi connectivity index (χ0) is 16.7. The average Bonchev–Trinajstić information content (AvgIpc) is 3.01. The zero-order valence-corrected chi connectivity index (χ0v) is 15.1. The third-order valence-electron chi connectivity index (χ3n) is 4.22. The summed E-state index contributed by atoms with van der Waals surface area (Å²) < 4.78 is 20.5. The van der Waals surface area contributed by atoms with Crippen molar-refractivity contribution < 1.29 is 13.9 Å². The van der Waals surface area contributed by atoms with Gasteiger partial charge in [0.05, 0.1) is 18.1 Å². The van der Waals surface area contributed by atoms with Crippen molar-refractivity contribution in [2.75, 3.05) is 36.5 Å². The topological polar surface area (TPSA) is 54.5 Å². The molecule has 1 atom stereocenters. The lowest BCUT2D eigenvalue weighted by atomic mass is 9.91. The Morgan fingerprint density at radius 2 is 2.17 bits per heavy atom. The summed E-state index contributed by atoms with van der Waals surface area (Å²) >= 11 is 4.91. The van der Waals surface area contributed by atoms with Crippen molar-refractivity contribution in [1.82, 2.24) is 4.98 Å². The molecule has 2 aliphatic rings. The van der Waals surface area contributed by atoms with E-state index in [1.807, 2.05) is 0 Å². The zero-order valence-electron chi connectivity index (χ0n) is 12.7. The fraction of sp³-hybridized carbons (Fsp3) is 0.375. The van der Waals surface area contributed by atoms with Crippen molar-refractivity contribution in [1.29, 1.82) is 0 Å². The number of nitrogens with one attached hydrogen (secondary N) is 1. The van der Waals surface area contributed by atoms with E-state index in [1.54, 1.807) is 12.1 Å². The first-order valence-electron chi connectivity index (χ1n) is 7.70. The highest BCUT2D eigenvalue weighted by atomic mass is 79.9. The maximum Gasteiger partial charge on any atom is 0.226 e. The van der Waals surface area contributed by atoms with Crippen molar-refractivity contribution >= 4 is 44.1 Å². The number of hydrogen-bond acceptors (Lipinski definition) is 5. The van der Waals surface area contributed by atoms with Gasteiger partial charge in [0.25, 0.3) is 0 Å². The molecule has 1 aromatic heterocycles. The van der Waals surface area contributed by atoms with Crippen molar-refractivity contribution in [2.24, 2.45) is 0 Å². The first-order valence-corrected chi connectivity index (χ1v) is 9.31. The van der Waals surface area contributed by atoms with Gasteiger partial charge in [0.2, 0.25) is 5.91 Å². The van der Waals surface area contributed by atoms with Gasteiger partial charge in [-0.3, -0.25) is 4.79 Å². The van der Waals surface area contributed by atoms with Gasteiger partial charge in [-0.1, -0.05) is 27.3 Å². The number of thiazole rings is 1. The highest BCUT2D eigenvalue weighted by Crippen LogP contribution is 2.44. The fourth-order valence-electron chi connectivity index (χ4n) is 3.03. The predicted molar refractivity (Wildman–Crippen MR) is 94.3 cm³/mol. The molecule has 0 radical (unpaired) electrons. The molecular weight excluding hydrogens is 397 g/mol. The van der Waals surface area contributed by atoms with E-state index in [2.05, 4.69) is 31.1 Å². The molecule has 0 spiro atoms. The Morgan fingerprint density at radius 1 is 1.38 bits per heavy atom. The Balaban J connectivity index is 1.74. The number of aromatic nitrogens is 1. The predicted octanol–water partition coefficient (Wildman–Crippen LogP) is 3.36. The number of fused-ring (bicyclic) bond motifs is 1. The van der Waals surface area contributed by atoms with Crippen LogP contribution in [0.4, 0.5) is 15.3 Å². The highest BCUT2D eigenvalue weighted by Gasteiger charge is 2.33. The van der Waals surface area contributed by atoms with E-state index < -0.39 is 0 Å². The number of anilines is 2. The van der Waals surface area contributed by atoms with E-state index in [0.29, 0.717) is 24.6 Å². The van der Waals surface area contributed by atoms with Gasteiger partial charge in [-0.15, -0.1) is 0 Å². The molecule has 0 bridgehead atoms. The smallest absolute Gasteiger partial charge is 0.226 e. The second-order valence-corrected chi connectivity index (χ2v) is 7.70. The molecular formula is C16H15BrFN3O2S. The van der Waals surface area contributed by atoms with Gasteiger partial charge >= 0.3 is 0 Å². The third kappa shape index (κ3) is 2.94. The SMILES string of the molecule is O=C1C[C@H](c2cc(Br)ccc2F)c2sc(N3CCOCC3)nc2N1. The number of carbonyl (C=O) groups excluding carboxylic acids is 1. The number of morpholine rings is 1. The fourth-order valence-corrected chi connectivity index (χ4v) is 4.60. The van der Waals surface area contributed by atoms with Crippen LogP contribution < -0.4 is 10.2 Å². The number of hydrogen-bond donors (Lipinski definition) is 1. The minimum atomic E-state index is -0.307. The van der Waals surface area contributed by atoms with E-state index in [-0.39, 0.29) is 24.1 Å². The second-order valence-electron chi connectivity index (χ2n) is 5.78. The number of amides is 1. The van der Waals surface area contributed by atoms with Crippen molar-refractivity contribution in [3.63, 3.8) is 0 Å². The van der Waals surface area contributed by atoms with Crippen LogP contribution in [-0.2, 0) is 9.53 Å². The lowest BCUT2D eigenvalue weighted by Gasteiger charge is -2.26. The third-order valence-corrected chi connectivity index (χ3v) is 5.94.